The summed E-state index contributed by atoms with van der Waals surface area (Å²) in [5, 5.41) is 6.34. The molecule has 0 saturated carbocycles. The molecular formula is C10H10ClFN4O. The number of rotatable bonds is 4. The van der Waals surface area contributed by atoms with Gasteiger partial charge in [-0.15, -0.1) is 0 Å². The molecule has 1 aromatic heterocycles. The van der Waals surface area contributed by atoms with Crippen LogP contribution >= 0.6 is 11.6 Å². The molecule has 0 saturated heterocycles. The number of nitrogens with zero attached hydrogens (tertiary/aromatic N) is 2. The number of aromatic nitrogens is 2. The Morgan fingerprint density at radius 3 is 3.00 bits per heavy atom. The van der Waals surface area contributed by atoms with Gasteiger partial charge in [-0.1, -0.05) is 16.8 Å². The Balaban J connectivity index is 2.01. The molecule has 0 aliphatic heterocycles. The first-order chi connectivity index (χ1) is 8.18. The Morgan fingerprint density at radius 1 is 1.47 bits per heavy atom. The van der Waals surface area contributed by atoms with Crippen LogP contribution in [0.25, 0.3) is 0 Å². The van der Waals surface area contributed by atoms with Gasteiger partial charge in [0.1, 0.15) is 0 Å². The quantitative estimate of drug-likeness (QED) is 0.819. The number of hydrogen-bond acceptors (Lipinski definition) is 5. The molecule has 0 amide bonds. The summed E-state index contributed by atoms with van der Waals surface area (Å²) in [6.45, 7) is 0.420. The highest BCUT2D eigenvalue weighted by Gasteiger charge is 2.10. The molecule has 1 aromatic carbocycles. The largest absolute Gasteiger partial charge is 0.397 e. The maximum Gasteiger partial charge on any atom is 0.228 e. The van der Waals surface area contributed by atoms with E-state index in [1.165, 1.54) is 12.4 Å². The van der Waals surface area contributed by atoms with Gasteiger partial charge in [0.2, 0.25) is 5.89 Å². The topological polar surface area (TPSA) is 77.0 Å². The highest BCUT2D eigenvalue weighted by Crippen LogP contribution is 2.28. The monoisotopic (exact) mass is 256 g/mol. The maximum atomic E-state index is 13.6. The maximum absolute atomic E-state index is 13.6. The Kier molecular flexibility index (Phi) is 3.43. The molecule has 0 atom stereocenters. The molecule has 0 spiro atoms. The molecule has 5 nitrogen and oxygen atoms in total. The Labute approximate surface area is 102 Å². The van der Waals surface area contributed by atoms with Crippen molar-refractivity contribution in [2.45, 2.75) is 6.42 Å². The molecule has 0 bridgehead atoms. The van der Waals surface area contributed by atoms with Crippen LogP contribution in [0.15, 0.2) is 23.0 Å². The number of nitrogens with two attached hydrogens (primary N) is 1. The second-order valence-corrected chi connectivity index (χ2v) is 3.74. The van der Waals surface area contributed by atoms with Crippen LogP contribution in [0.5, 0.6) is 0 Å². The van der Waals surface area contributed by atoms with Crippen LogP contribution in [0.3, 0.4) is 0 Å². The van der Waals surface area contributed by atoms with Gasteiger partial charge in [-0.05, 0) is 12.1 Å². The second-order valence-electron chi connectivity index (χ2n) is 3.34. The highest BCUT2D eigenvalue weighted by molar-refractivity contribution is 6.31. The number of benzene rings is 1. The van der Waals surface area contributed by atoms with E-state index >= 15 is 0 Å². The Bertz CT molecular complexity index is 503. The highest BCUT2D eigenvalue weighted by atomic mass is 35.5. The zero-order valence-electron chi connectivity index (χ0n) is 8.78. The van der Waals surface area contributed by atoms with Crippen molar-refractivity contribution in [2.75, 3.05) is 17.6 Å². The van der Waals surface area contributed by atoms with E-state index in [1.807, 2.05) is 0 Å². The lowest BCUT2D eigenvalue weighted by Crippen LogP contribution is -2.09. The lowest BCUT2D eigenvalue weighted by molar-refractivity contribution is 0.379. The van der Waals surface area contributed by atoms with Gasteiger partial charge in [-0.2, -0.15) is 4.98 Å². The van der Waals surface area contributed by atoms with Crippen molar-refractivity contribution in [1.29, 1.82) is 0 Å². The number of nitrogen functional groups attached to an aromatic ring is 1. The predicted molar refractivity (Wildman–Crippen MR) is 62.3 cm³/mol. The summed E-state index contributed by atoms with van der Waals surface area (Å²) in [5.74, 6) is -0.0873. The fourth-order valence-electron chi connectivity index (χ4n) is 1.35. The fraction of sp³-hybridized carbons (Fsp3) is 0.200. The van der Waals surface area contributed by atoms with Crippen LogP contribution in [-0.4, -0.2) is 16.7 Å². The third-order valence-electron chi connectivity index (χ3n) is 2.17. The minimum absolute atomic E-state index is 0.0273. The molecule has 0 aliphatic rings. The molecule has 1 heterocycles. The van der Waals surface area contributed by atoms with Crippen molar-refractivity contribution in [3.05, 3.63) is 35.2 Å². The molecule has 0 aliphatic carbocycles. The van der Waals surface area contributed by atoms with Gasteiger partial charge in [0.05, 0.1) is 16.4 Å². The molecule has 0 unspecified atom stereocenters. The molecule has 90 valence electrons. The zero-order chi connectivity index (χ0) is 12.3. The van der Waals surface area contributed by atoms with E-state index in [4.69, 9.17) is 21.9 Å². The van der Waals surface area contributed by atoms with Gasteiger partial charge in [0.25, 0.3) is 0 Å². The summed E-state index contributed by atoms with van der Waals surface area (Å²) >= 11 is 5.65. The van der Waals surface area contributed by atoms with Crippen molar-refractivity contribution < 1.29 is 8.91 Å². The lowest BCUT2D eigenvalue weighted by atomic mass is 10.2. The van der Waals surface area contributed by atoms with Crippen molar-refractivity contribution in [2.24, 2.45) is 0 Å². The van der Waals surface area contributed by atoms with E-state index in [2.05, 4.69) is 15.5 Å². The summed E-state index contributed by atoms with van der Waals surface area (Å²) in [7, 11) is 0. The lowest BCUT2D eigenvalue weighted by Gasteiger charge is -2.10. The Morgan fingerprint density at radius 2 is 2.29 bits per heavy atom. The smallest absolute Gasteiger partial charge is 0.228 e. The van der Waals surface area contributed by atoms with Crippen LogP contribution in [0.4, 0.5) is 15.8 Å². The van der Waals surface area contributed by atoms with Gasteiger partial charge < -0.3 is 15.6 Å². The van der Waals surface area contributed by atoms with Crippen LogP contribution in [0.1, 0.15) is 5.89 Å². The molecule has 0 radical (unpaired) electrons. The number of nitrogens with one attached hydrogen (secondary N) is 1. The van der Waals surface area contributed by atoms with Gasteiger partial charge in [-0.25, -0.2) is 4.39 Å². The first kappa shape index (κ1) is 11.7. The number of anilines is 2. The minimum Gasteiger partial charge on any atom is -0.397 e. The third kappa shape index (κ3) is 2.65. The summed E-state index contributed by atoms with van der Waals surface area (Å²) in [4.78, 5) is 3.84. The van der Waals surface area contributed by atoms with Crippen molar-refractivity contribution in [1.82, 2.24) is 10.1 Å². The molecule has 17 heavy (non-hydrogen) atoms. The number of hydrogen-bond donors (Lipinski definition) is 2. The number of halogens is 2. The summed E-state index contributed by atoms with van der Waals surface area (Å²) < 4.78 is 18.4. The van der Waals surface area contributed by atoms with E-state index in [1.54, 1.807) is 6.07 Å². The van der Waals surface area contributed by atoms with Gasteiger partial charge in [0.15, 0.2) is 12.1 Å². The summed E-state index contributed by atoms with van der Waals surface area (Å²) in [5.41, 5.74) is 6.13. The minimum atomic E-state index is -0.558. The zero-order valence-corrected chi connectivity index (χ0v) is 9.54. The average molecular weight is 257 g/mol. The fourth-order valence-corrected chi connectivity index (χ4v) is 1.50. The van der Waals surface area contributed by atoms with E-state index in [9.17, 15) is 4.39 Å². The standard InChI is InChI=1S/C10H10ClFN4O/c11-6-1-2-7(13)10(9(6)12)14-4-3-8-15-5-16-17-8/h1-2,5,14H,3-4,13H2. The van der Waals surface area contributed by atoms with E-state index < -0.39 is 5.82 Å². The average Bonchev–Trinajstić information content (AvgIpc) is 2.81. The SMILES string of the molecule is Nc1ccc(Cl)c(F)c1NCCc1ncno1. The van der Waals surface area contributed by atoms with Gasteiger partial charge >= 0.3 is 0 Å². The molecule has 7 heteroatoms. The van der Waals surface area contributed by atoms with Crippen LogP contribution in [-0.2, 0) is 6.42 Å². The van der Waals surface area contributed by atoms with Crippen LogP contribution in [0.2, 0.25) is 5.02 Å². The van der Waals surface area contributed by atoms with E-state index in [0.29, 0.717) is 24.5 Å². The molecule has 0 fully saturated rings. The van der Waals surface area contributed by atoms with E-state index in [-0.39, 0.29) is 10.7 Å². The normalized spacial score (nSPS) is 10.5. The molecule has 3 N–H and O–H groups in total. The first-order valence-electron chi connectivity index (χ1n) is 4.91. The second kappa shape index (κ2) is 5.01. The molecule has 2 rings (SSSR count). The third-order valence-corrected chi connectivity index (χ3v) is 2.47. The summed E-state index contributed by atoms with van der Waals surface area (Å²) in [6.07, 6.45) is 1.79. The van der Waals surface area contributed by atoms with Crippen LogP contribution < -0.4 is 11.1 Å². The van der Waals surface area contributed by atoms with Gasteiger partial charge in [-0.3, -0.25) is 0 Å². The molecular weight excluding hydrogens is 247 g/mol. The van der Waals surface area contributed by atoms with Crippen molar-refractivity contribution >= 4 is 23.0 Å². The van der Waals surface area contributed by atoms with Crippen molar-refractivity contribution in [3.63, 3.8) is 0 Å². The summed E-state index contributed by atoms with van der Waals surface area (Å²) in [6, 6.07) is 2.95. The van der Waals surface area contributed by atoms with Gasteiger partial charge in [0, 0.05) is 13.0 Å². The van der Waals surface area contributed by atoms with E-state index in [0.717, 1.165) is 0 Å². The molecule has 2 aromatic rings. The van der Waals surface area contributed by atoms with Crippen molar-refractivity contribution in [3.8, 4) is 0 Å². The predicted octanol–water partition coefficient (Wildman–Crippen LogP) is 2.10. The first-order valence-corrected chi connectivity index (χ1v) is 5.29. The Hall–Kier alpha value is -1.82. The van der Waals surface area contributed by atoms with Crippen LogP contribution in [0, 0.1) is 5.82 Å².